The zero-order valence-corrected chi connectivity index (χ0v) is 14.5. The molecule has 1 aliphatic rings. The summed E-state index contributed by atoms with van der Waals surface area (Å²) in [6.07, 6.45) is 2.57. The maximum atomic E-state index is 11.7. The molecule has 2 atom stereocenters. The monoisotopic (exact) mass is 346 g/mol. The number of hydrogen-bond donors (Lipinski definition) is 1. The van der Waals surface area contributed by atoms with Gasteiger partial charge >= 0.3 is 5.97 Å². The SMILES string of the molecule is CC.COC(=O)C1C=C(OC)C(OCCOCCN)=CC1[N+](=O)[O-]. The van der Waals surface area contributed by atoms with Crippen LogP contribution >= 0.6 is 0 Å². The Hall–Kier alpha value is -2.13. The van der Waals surface area contributed by atoms with E-state index in [1.165, 1.54) is 26.4 Å². The van der Waals surface area contributed by atoms with Crippen LogP contribution in [-0.2, 0) is 23.7 Å². The molecule has 0 radical (unpaired) electrons. The molecule has 0 amide bonds. The van der Waals surface area contributed by atoms with E-state index in [9.17, 15) is 14.9 Å². The summed E-state index contributed by atoms with van der Waals surface area (Å²) >= 11 is 0. The molecule has 0 fully saturated rings. The molecule has 0 aromatic rings. The number of hydrogen-bond acceptors (Lipinski definition) is 8. The second kappa shape index (κ2) is 12.3. The summed E-state index contributed by atoms with van der Waals surface area (Å²) in [5, 5.41) is 11.1. The fourth-order valence-electron chi connectivity index (χ4n) is 1.90. The van der Waals surface area contributed by atoms with Crippen LogP contribution in [0, 0.1) is 16.0 Å². The third-order valence-corrected chi connectivity index (χ3v) is 2.95. The summed E-state index contributed by atoms with van der Waals surface area (Å²) in [4.78, 5) is 22.2. The number of nitrogens with two attached hydrogens (primary N) is 1. The Labute approximate surface area is 141 Å². The molecule has 2 N–H and O–H groups in total. The number of carbonyl (C=O) groups is 1. The van der Waals surface area contributed by atoms with E-state index in [4.69, 9.17) is 19.9 Å². The molecule has 0 heterocycles. The lowest BCUT2D eigenvalue weighted by molar-refractivity contribution is -0.514. The topological polar surface area (TPSA) is 123 Å². The summed E-state index contributed by atoms with van der Waals surface area (Å²) in [7, 11) is 2.55. The first-order chi connectivity index (χ1) is 11.5. The Bertz CT molecular complexity index is 463. The lowest BCUT2D eigenvalue weighted by atomic mass is 9.94. The predicted molar refractivity (Wildman–Crippen MR) is 86.6 cm³/mol. The van der Waals surface area contributed by atoms with Gasteiger partial charge in [0.2, 0.25) is 0 Å². The van der Waals surface area contributed by atoms with E-state index in [1.54, 1.807) is 0 Å². The number of methoxy groups -OCH3 is 2. The van der Waals surface area contributed by atoms with Gasteiger partial charge in [-0.05, 0) is 6.08 Å². The molecule has 0 saturated heterocycles. The zero-order chi connectivity index (χ0) is 18.5. The van der Waals surface area contributed by atoms with Crippen LogP contribution in [0.15, 0.2) is 23.7 Å². The van der Waals surface area contributed by atoms with Crippen molar-refractivity contribution in [3.63, 3.8) is 0 Å². The van der Waals surface area contributed by atoms with E-state index < -0.39 is 22.9 Å². The summed E-state index contributed by atoms with van der Waals surface area (Å²) in [5.41, 5.74) is 5.28. The third-order valence-electron chi connectivity index (χ3n) is 2.95. The van der Waals surface area contributed by atoms with Crippen LogP contribution in [0.3, 0.4) is 0 Å². The van der Waals surface area contributed by atoms with Gasteiger partial charge in [0.15, 0.2) is 17.4 Å². The largest absolute Gasteiger partial charge is 0.493 e. The smallest absolute Gasteiger partial charge is 0.320 e. The summed E-state index contributed by atoms with van der Waals surface area (Å²) in [6, 6.07) is -1.27. The molecule has 138 valence electrons. The Kier molecular flexibility index (Phi) is 11.2. The van der Waals surface area contributed by atoms with Crippen molar-refractivity contribution in [2.75, 3.05) is 40.6 Å². The van der Waals surface area contributed by atoms with Crippen molar-refractivity contribution in [2.24, 2.45) is 11.7 Å². The molecular formula is C15H26N2O7. The lowest BCUT2D eigenvalue weighted by Gasteiger charge is -2.22. The van der Waals surface area contributed by atoms with E-state index in [2.05, 4.69) is 4.74 Å². The lowest BCUT2D eigenvalue weighted by Crippen LogP contribution is -2.35. The van der Waals surface area contributed by atoms with Gasteiger partial charge in [0.1, 0.15) is 6.61 Å². The van der Waals surface area contributed by atoms with Gasteiger partial charge in [-0.2, -0.15) is 0 Å². The van der Waals surface area contributed by atoms with E-state index in [0.29, 0.717) is 13.2 Å². The van der Waals surface area contributed by atoms with Gasteiger partial charge < -0.3 is 24.7 Å². The highest BCUT2D eigenvalue weighted by Crippen LogP contribution is 2.27. The molecular weight excluding hydrogens is 320 g/mol. The van der Waals surface area contributed by atoms with Crippen molar-refractivity contribution in [3.8, 4) is 0 Å². The van der Waals surface area contributed by atoms with Crippen LogP contribution in [0.5, 0.6) is 0 Å². The van der Waals surface area contributed by atoms with Gasteiger partial charge in [-0.25, -0.2) is 0 Å². The average Bonchev–Trinajstić information content (AvgIpc) is 2.61. The van der Waals surface area contributed by atoms with E-state index >= 15 is 0 Å². The average molecular weight is 346 g/mol. The highest BCUT2D eigenvalue weighted by Gasteiger charge is 2.40. The van der Waals surface area contributed by atoms with Crippen LogP contribution < -0.4 is 5.73 Å². The summed E-state index contributed by atoms with van der Waals surface area (Å²) < 4.78 is 20.3. The minimum absolute atomic E-state index is 0.180. The number of nitrogens with zero attached hydrogens (tertiary/aromatic N) is 1. The first-order valence-corrected chi connectivity index (χ1v) is 7.65. The second-order valence-electron chi connectivity index (χ2n) is 4.34. The minimum atomic E-state index is -1.27. The van der Waals surface area contributed by atoms with Gasteiger partial charge in [0.05, 0.1) is 27.4 Å². The Morgan fingerprint density at radius 1 is 1.21 bits per heavy atom. The van der Waals surface area contributed by atoms with Crippen LogP contribution in [-0.4, -0.2) is 57.5 Å². The van der Waals surface area contributed by atoms with Crippen LogP contribution in [0.25, 0.3) is 0 Å². The van der Waals surface area contributed by atoms with E-state index in [0.717, 1.165) is 0 Å². The second-order valence-corrected chi connectivity index (χ2v) is 4.34. The van der Waals surface area contributed by atoms with Crippen molar-refractivity contribution < 1.29 is 28.7 Å². The molecule has 9 nitrogen and oxygen atoms in total. The highest BCUT2D eigenvalue weighted by molar-refractivity contribution is 5.76. The molecule has 0 bridgehead atoms. The first-order valence-electron chi connectivity index (χ1n) is 7.65. The molecule has 1 aliphatic carbocycles. The van der Waals surface area contributed by atoms with Crippen LogP contribution in [0.4, 0.5) is 0 Å². The molecule has 0 spiro atoms. The molecule has 24 heavy (non-hydrogen) atoms. The molecule has 0 aromatic carbocycles. The van der Waals surface area contributed by atoms with Gasteiger partial charge in [-0.3, -0.25) is 14.9 Å². The van der Waals surface area contributed by atoms with E-state index in [1.807, 2.05) is 13.8 Å². The maximum absolute atomic E-state index is 11.7. The quantitative estimate of drug-likeness (QED) is 0.282. The number of carbonyl (C=O) groups excluding carboxylic acids is 1. The van der Waals surface area contributed by atoms with Gasteiger partial charge in [0.25, 0.3) is 6.04 Å². The first kappa shape index (κ1) is 21.9. The highest BCUT2D eigenvalue weighted by atomic mass is 16.6. The fraction of sp³-hybridized carbons (Fsp3) is 0.667. The van der Waals surface area contributed by atoms with Crippen molar-refractivity contribution >= 4 is 5.97 Å². The fourth-order valence-corrected chi connectivity index (χ4v) is 1.90. The minimum Gasteiger partial charge on any atom is -0.493 e. The van der Waals surface area contributed by atoms with Crippen molar-refractivity contribution in [1.82, 2.24) is 0 Å². The number of ether oxygens (including phenoxy) is 4. The van der Waals surface area contributed by atoms with Crippen molar-refractivity contribution in [2.45, 2.75) is 19.9 Å². The summed E-state index contributed by atoms with van der Waals surface area (Å²) in [6.45, 7) is 5.27. The van der Waals surface area contributed by atoms with Crippen molar-refractivity contribution in [1.29, 1.82) is 0 Å². The number of esters is 1. The third kappa shape index (κ3) is 6.55. The zero-order valence-electron chi connectivity index (χ0n) is 14.5. The van der Waals surface area contributed by atoms with Gasteiger partial charge in [0, 0.05) is 17.5 Å². The molecule has 0 aliphatic heterocycles. The van der Waals surface area contributed by atoms with Gasteiger partial charge in [-0.15, -0.1) is 0 Å². The van der Waals surface area contributed by atoms with E-state index in [-0.39, 0.29) is 24.7 Å². The number of nitro groups is 1. The molecule has 2 unspecified atom stereocenters. The maximum Gasteiger partial charge on any atom is 0.320 e. The van der Waals surface area contributed by atoms with Crippen LogP contribution in [0.2, 0.25) is 0 Å². The van der Waals surface area contributed by atoms with Crippen molar-refractivity contribution in [3.05, 3.63) is 33.8 Å². The molecule has 1 rings (SSSR count). The van der Waals surface area contributed by atoms with Crippen LogP contribution in [0.1, 0.15) is 13.8 Å². The Morgan fingerprint density at radius 2 is 1.88 bits per heavy atom. The van der Waals surface area contributed by atoms with Gasteiger partial charge in [-0.1, -0.05) is 13.8 Å². The standard InChI is InChI=1S/C13H20N2O7.C2H6/c1-19-11-7-9(13(16)20-2)10(15(17)18)8-12(11)22-6-5-21-4-3-14;1-2/h7-10H,3-6,14H2,1-2H3;1-2H3. The number of rotatable bonds is 9. The summed E-state index contributed by atoms with van der Waals surface area (Å²) in [5.74, 6) is -1.33. The Morgan fingerprint density at radius 3 is 2.38 bits per heavy atom. The predicted octanol–water partition coefficient (Wildman–Crippen LogP) is 0.867. The molecule has 0 aromatic heterocycles. The molecule has 0 saturated carbocycles. The normalized spacial score (nSPS) is 19.2. The molecule has 9 heteroatoms. The Balaban J connectivity index is 0.00000254.